The topological polar surface area (TPSA) is 15.3 Å². The molecule has 84 valence electrons. The van der Waals surface area contributed by atoms with Crippen molar-refractivity contribution in [2.24, 2.45) is 5.41 Å². The number of hydrogen-bond acceptors (Lipinski definition) is 2. The molecule has 0 saturated heterocycles. The van der Waals surface area contributed by atoms with Crippen molar-refractivity contribution in [3.8, 4) is 0 Å². The van der Waals surface area contributed by atoms with E-state index >= 15 is 0 Å². The maximum atomic E-state index is 3.70. The van der Waals surface area contributed by atoms with Crippen LogP contribution in [0.3, 0.4) is 0 Å². The van der Waals surface area contributed by atoms with Gasteiger partial charge in [-0.1, -0.05) is 20.3 Å². The Morgan fingerprint density at radius 3 is 2.57 bits per heavy atom. The van der Waals surface area contributed by atoms with Crippen LogP contribution in [0.15, 0.2) is 0 Å². The lowest BCUT2D eigenvalue weighted by Crippen LogP contribution is -2.38. The predicted octanol–water partition coefficient (Wildman–Crippen LogP) is 2.11. The minimum Gasteiger partial charge on any atom is -0.313 e. The SMILES string of the molecule is CN(C)CCCNC1CCCC1(C)C. The number of nitrogens with one attached hydrogen (secondary N) is 1. The van der Waals surface area contributed by atoms with E-state index in [0.717, 1.165) is 6.04 Å². The standard InChI is InChI=1S/C12H26N2/c1-12(2)8-5-7-11(12)13-9-6-10-14(3)4/h11,13H,5-10H2,1-4H3. The van der Waals surface area contributed by atoms with Crippen LogP contribution >= 0.6 is 0 Å². The molecule has 1 N–H and O–H groups in total. The molecule has 0 radical (unpaired) electrons. The van der Waals surface area contributed by atoms with Crippen LogP contribution in [0.1, 0.15) is 39.5 Å². The Morgan fingerprint density at radius 2 is 2.07 bits per heavy atom. The summed E-state index contributed by atoms with van der Waals surface area (Å²) in [4.78, 5) is 2.25. The summed E-state index contributed by atoms with van der Waals surface area (Å²) in [7, 11) is 4.28. The van der Waals surface area contributed by atoms with E-state index in [1.165, 1.54) is 38.8 Å². The number of hydrogen-bond donors (Lipinski definition) is 1. The zero-order valence-electron chi connectivity index (χ0n) is 10.3. The van der Waals surface area contributed by atoms with Gasteiger partial charge in [0.15, 0.2) is 0 Å². The van der Waals surface area contributed by atoms with Crippen LogP contribution in [0.25, 0.3) is 0 Å². The van der Waals surface area contributed by atoms with Gasteiger partial charge in [0.1, 0.15) is 0 Å². The number of nitrogens with zero attached hydrogens (tertiary/aromatic N) is 1. The van der Waals surface area contributed by atoms with E-state index in [1.807, 2.05) is 0 Å². The van der Waals surface area contributed by atoms with Gasteiger partial charge < -0.3 is 10.2 Å². The summed E-state index contributed by atoms with van der Waals surface area (Å²) < 4.78 is 0. The molecule has 2 nitrogen and oxygen atoms in total. The van der Waals surface area contributed by atoms with Crippen LogP contribution in [-0.2, 0) is 0 Å². The second-order valence-corrected chi connectivity index (χ2v) is 5.54. The third-order valence-electron chi connectivity index (χ3n) is 3.43. The van der Waals surface area contributed by atoms with Crippen molar-refractivity contribution in [1.82, 2.24) is 10.2 Å². The van der Waals surface area contributed by atoms with Gasteiger partial charge in [0.2, 0.25) is 0 Å². The summed E-state index contributed by atoms with van der Waals surface area (Å²) >= 11 is 0. The van der Waals surface area contributed by atoms with Crippen LogP contribution < -0.4 is 5.32 Å². The van der Waals surface area contributed by atoms with Crippen molar-refractivity contribution in [2.45, 2.75) is 45.6 Å². The maximum absolute atomic E-state index is 3.70. The lowest BCUT2D eigenvalue weighted by Gasteiger charge is -2.28. The highest BCUT2D eigenvalue weighted by Crippen LogP contribution is 2.36. The zero-order chi connectivity index (χ0) is 10.6. The third-order valence-corrected chi connectivity index (χ3v) is 3.43. The van der Waals surface area contributed by atoms with E-state index < -0.39 is 0 Å². The quantitative estimate of drug-likeness (QED) is 0.681. The molecule has 0 aliphatic heterocycles. The minimum absolute atomic E-state index is 0.526. The molecule has 0 amide bonds. The van der Waals surface area contributed by atoms with E-state index in [4.69, 9.17) is 0 Å². The number of rotatable bonds is 5. The molecule has 1 unspecified atom stereocenters. The van der Waals surface area contributed by atoms with Crippen LogP contribution in [0.5, 0.6) is 0 Å². The fourth-order valence-corrected chi connectivity index (χ4v) is 2.38. The highest BCUT2D eigenvalue weighted by atomic mass is 15.1. The fraction of sp³-hybridized carbons (Fsp3) is 1.00. The molecule has 14 heavy (non-hydrogen) atoms. The summed E-state index contributed by atoms with van der Waals surface area (Å²) in [6, 6.07) is 0.754. The van der Waals surface area contributed by atoms with Gasteiger partial charge in [-0.15, -0.1) is 0 Å². The van der Waals surface area contributed by atoms with E-state index in [0.29, 0.717) is 5.41 Å². The van der Waals surface area contributed by atoms with Crippen molar-refractivity contribution in [2.75, 3.05) is 27.2 Å². The molecule has 1 aliphatic rings. The first-order valence-electron chi connectivity index (χ1n) is 5.90. The van der Waals surface area contributed by atoms with Crippen molar-refractivity contribution in [3.63, 3.8) is 0 Å². The van der Waals surface area contributed by atoms with Gasteiger partial charge in [0.25, 0.3) is 0 Å². The zero-order valence-corrected chi connectivity index (χ0v) is 10.3. The van der Waals surface area contributed by atoms with E-state index in [1.54, 1.807) is 0 Å². The summed E-state index contributed by atoms with van der Waals surface area (Å²) in [5, 5.41) is 3.70. The van der Waals surface area contributed by atoms with E-state index in [2.05, 4.69) is 38.2 Å². The Labute approximate surface area is 89.1 Å². The summed E-state index contributed by atoms with van der Waals surface area (Å²) in [6.07, 6.45) is 5.42. The van der Waals surface area contributed by atoms with Gasteiger partial charge in [-0.3, -0.25) is 0 Å². The molecule has 1 rings (SSSR count). The Bertz CT molecular complexity index is 164. The summed E-state index contributed by atoms with van der Waals surface area (Å²) in [5.41, 5.74) is 0.526. The van der Waals surface area contributed by atoms with Crippen LogP contribution in [0, 0.1) is 5.41 Å². The highest BCUT2D eigenvalue weighted by Gasteiger charge is 2.33. The monoisotopic (exact) mass is 198 g/mol. The average Bonchev–Trinajstić information content (AvgIpc) is 2.39. The lowest BCUT2D eigenvalue weighted by atomic mass is 9.87. The smallest absolute Gasteiger partial charge is 0.0118 e. The molecule has 0 aromatic heterocycles. The molecule has 1 fully saturated rings. The van der Waals surface area contributed by atoms with Crippen molar-refractivity contribution >= 4 is 0 Å². The van der Waals surface area contributed by atoms with Gasteiger partial charge in [-0.25, -0.2) is 0 Å². The first kappa shape index (κ1) is 12.0. The fourth-order valence-electron chi connectivity index (χ4n) is 2.38. The first-order valence-corrected chi connectivity index (χ1v) is 5.90. The predicted molar refractivity (Wildman–Crippen MR) is 62.6 cm³/mol. The van der Waals surface area contributed by atoms with E-state index in [9.17, 15) is 0 Å². The Morgan fingerprint density at radius 1 is 1.36 bits per heavy atom. The first-order chi connectivity index (χ1) is 6.52. The minimum atomic E-state index is 0.526. The second-order valence-electron chi connectivity index (χ2n) is 5.54. The molecule has 0 heterocycles. The molecule has 0 aromatic carbocycles. The van der Waals surface area contributed by atoms with Gasteiger partial charge in [-0.2, -0.15) is 0 Å². The van der Waals surface area contributed by atoms with Crippen molar-refractivity contribution < 1.29 is 0 Å². The molecule has 1 saturated carbocycles. The lowest BCUT2D eigenvalue weighted by molar-refractivity contribution is 0.278. The second kappa shape index (κ2) is 5.13. The molecule has 1 atom stereocenters. The molecular formula is C12H26N2. The Kier molecular flexibility index (Phi) is 4.39. The van der Waals surface area contributed by atoms with Crippen LogP contribution in [-0.4, -0.2) is 38.1 Å². The highest BCUT2D eigenvalue weighted by molar-refractivity contribution is 4.89. The molecule has 2 heteroatoms. The molecular weight excluding hydrogens is 172 g/mol. The van der Waals surface area contributed by atoms with Gasteiger partial charge >= 0.3 is 0 Å². The van der Waals surface area contributed by atoms with Crippen LogP contribution in [0.4, 0.5) is 0 Å². The normalized spacial score (nSPS) is 25.9. The molecule has 1 aliphatic carbocycles. The summed E-state index contributed by atoms with van der Waals surface area (Å²) in [6.45, 7) is 7.15. The molecule has 0 aromatic rings. The molecule has 0 spiro atoms. The maximum Gasteiger partial charge on any atom is 0.0118 e. The summed E-state index contributed by atoms with van der Waals surface area (Å²) in [5.74, 6) is 0. The van der Waals surface area contributed by atoms with Crippen molar-refractivity contribution in [3.05, 3.63) is 0 Å². The van der Waals surface area contributed by atoms with Crippen molar-refractivity contribution in [1.29, 1.82) is 0 Å². The Balaban J connectivity index is 2.12. The Hall–Kier alpha value is -0.0800. The van der Waals surface area contributed by atoms with E-state index in [-0.39, 0.29) is 0 Å². The average molecular weight is 198 g/mol. The van der Waals surface area contributed by atoms with Crippen LogP contribution in [0.2, 0.25) is 0 Å². The molecule has 0 bridgehead atoms. The van der Waals surface area contributed by atoms with Gasteiger partial charge in [0, 0.05) is 6.04 Å². The van der Waals surface area contributed by atoms with Gasteiger partial charge in [0.05, 0.1) is 0 Å². The third kappa shape index (κ3) is 3.58. The van der Waals surface area contributed by atoms with Gasteiger partial charge in [-0.05, 0) is 51.9 Å². The largest absolute Gasteiger partial charge is 0.313 e.